The van der Waals surface area contributed by atoms with E-state index in [4.69, 9.17) is 0 Å². The van der Waals surface area contributed by atoms with Crippen molar-refractivity contribution in [2.45, 2.75) is 56.8 Å². The molecule has 1 N–H and O–H groups in total. The lowest BCUT2D eigenvalue weighted by Crippen LogP contribution is -2.10. The lowest BCUT2D eigenvalue weighted by molar-refractivity contribution is 0.500. The van der Waals surface area contributed by atoms with Crippen LogP contribution >= 0.6 is 9.39 Å². The number of benzene rings is 2. The van der Waals surface area contributed by atoms with E-state index in [0.717, 1.165) is 24.5 Å². The van der Waals surface area contributed by atoms with Crippen LogP contribution < -0.4 is 4.72 Å². The van der Waals surface area contributed by atoms with Crippen LogP contribution in [0.4, 0.5) is 0 Å². The van der Waals surface area contributed by atoms with Gasteiger partial charge in [0.2, 0.25) is 0 Å². The van der Waals surface area contributed by atoms with Gasteiger partial charge in [-0.3, -0.25) is 0 Å². The Balaban J connectivity index is 1.76. The first kappa shape index (κ1) is 19.8. The first-order valence-electron chi connectivity index (χ1n) is 10.1. The van der Waals surface area contributed by atoms with Crippen molar-refractivity contribution in [3.05, 3.63) is 66.4 Å². The zero-order valence-electron chi connectivity index (χ0n) is 16.7. The zero-order valence-corrected chi connectivity index (χ0v) is 17.5. The fourth-order valence-electron chi connectivity index (χ4n) is 4.03. The maximum absolute atomic E-state index is 4.48. The van der Waals surface area contributed by atoms with Crippen LogP contribution in [0.1, 0.15) is 51.0 Å². The summed E-state index contributed by atoms with van der Waals surface area (Å²) in [5, 5.41) is 0. The molecule has 1 fully saturated rings. The molecule has 0 saturated heterocycles. The molecule has 0 radical (unpaired) electrons. The Kier molecular flexibility index (Phi) is 6.49. The minimum atomic E-state index is -1.65. The van der Waals surface area contributed by atoms with Gasteiger partial charge < -0.3 is 4.72 Å². The fraction of sp³-hybridized carbons (Fsp3) is 0.360. The highest BCUT2D eigenvalue weighted by atomic mass is 32.2. The van der Waals surface area contributed by atoms with E-state index in [0.29, 0.717) is 0 Å². The van der Waals surface area contributed by atoms with Crippen molar-refractivity contribution in [1.82, 2.24) is 4.72 Å². The van der Waals surface area contributed by atoms with Crippen LogP contribution in [0, 0.1) is 5.92 Å². The molecule has 0 heterocycles. The molecule has 1 nitrogen and oxygen atoms in total. The molecule has 0 aromatic heterocycles. The molecule has 0 unspecified atom stereocenters. The largest absolute Gasteiger partial charge is 0.342 e. The lowest BCUT2D eigenvalue weighted by Gasteiger charge is -2.23. The SMILES string of the molecule is C=C(CCC1CCCC1)NS(=C)(=C)c1ccccc1-c1ccc(CC)cc1. The molecule has 2 aromatic rings. The van der Waals surface area contributed by atoms with E-state index in [1.54, 1.807) is 0 Å². The molecule has 27 heavy (non-hydrogen) atoms. The summed E-state index contributed by atoms with van der Waals surface area (Å²) >= 11 is 0. The van der Waals surface area contributed by atoms with Gasteiger partial charge in [0.05, 0.1) is 0 Å². The number of allylic oxidation sites excluding steroid dienone is 1. The van der Waals surface area contributed by atoms with Crippen molar-refractivity contribution in [2.75, 3.05) is 0 Å². The number of nitrogens with one attached hydrogen (secondary N) is 1. The molecule has 1 saturated carbocycles. The molecule has 2 heteroatoms. The topological polar surface area (TPSA) is 12.0 Å². The van der Waals surface area contributed by atoms with E-state index in [1.165, 1.54) is 53.7 Å². The predicted octanol–water partition coefficient (Wildman–Crippen LogP) is 6.93. The summed E-state index contributed by atoms with van der Waals surface area (Å²) in [6.45, 7) is 6.47. The first-order valence-corrected chi connectivity index (χ1v) is 12.1. The van der Waals surface area contributed by atoms with Gasteiger partial charge in [-0.25, -0.2) is 0 Å². The molecule has 0 amide bonds. The van der Waals surface area contributed by atoms with Crippen molar-refractivity contribution < 1.29 is 0 Å². The van der Waals surface area contributed by atoms with Crippen molar-refractivity contribution >= 4 is 21.1 Å². The summed E-state index contributed by atoms with van der Waals surface area (Å²) < 4.78 is 3.60. The van der Waals surface area contributed by atoms with E-state index < -0.39 is 9.39 Å². The number of aryl methyl sites for hydroxylation is 1. The van der Waals surface area contributed by atoms with Crippen LogP contribution in [0.25, 0.3) is 11.1 Å². The van der Waals surface area contributed by atoms with E-state index in [-0.39, 0.29) is 0 Å². The van der Waals surface area contributed by atoms with Crippen molar-refractivity contribution in [3.63, 3.8) is 0 Å². The summed E-state index contributed by atoms with van der Waals surface area (Å²) in [5.74, 6) is 9.84. The lowest BCUT2D eigenvalue weighted by atomic mass is 10.0. The number of hydrogen-bond donors (Lipinski definition) is 1. The number of rotatable bonds is 8. The maximum Gasteiger partial charge on any atom is 0.0212 e. The normalized spacial score (nSPS) is 15.0. The minimum Gasteiger partial charge on any atom is -0.342 e. The monoisotopic (exact) mass is 379 g/mol. The molecule has 3 rings (SSSR count). The molecular formula is C25H33NS. The Morgan fingerprint density at radius 1 is 1.04 bits per heavy atom. The fourth-order valence-corrected chi connectivity index (χ4v) is 5.74. The third kappa shape index (κ3) is 5.07. The van der Waals surface area contributed by atoms with Gasteiger partial charge in [-0.05, 0) is 47.9 Å². The molecule has 1 aliphatic rings. The highest BCUT2D eigenvalue weighted by Gasteiger charge is 2.16. The van der Waals surface area contributed by atoms with E-state index in [9.17, 15) is 0 Å². The Morgan fingerprint density at radius 3 is 2.37 bits per heavy atom. The molecule has 1 aliphatic carbocycles. The van der Waals surface area contributed by atoms with Gasteiger partial charge in [-0.2, -0.15) is 0 Å². The van der Waals surface area contributed by atoms with E-state index in [2.05, 4.69) is 78.5 Å². The highest BCUT2D eigenvalue weighted by Crippen LogP contribution is 2.38. The minimum absolute atomic E-state index is 0.881. The summed E-state index contributed by atoms with van der Waals surface area (Å²) in [5.41, 5.74) is 4.89. The van der Waals surface area contributed by atoms with Crippen LogP contribution in [0.5, 0.6) is 0 Å². The average molecular weight is 380 g/mol. The van der Waals surface area contributed by atoms with Crippen LogP contribution in [0.2, 0.25) is 0 Å². The smallest absolute Gasteiger partial charge is 0.0212 e. The average Bonchev–Trinajstić information content (AvgIpc) is 3.20. The summed E-state index contributed by atoms with van der Waals surface area (Å²) in [4.78, 5) is 1.19. The standard InChI is InChI=1S/C25H33NS/c1-5-21-16-18-23(19-17-21)24-12-8-9-13-25(24)27(3,4)26-20(2)14-15-22-10-6-7-11-22/h8-9,12-13,16-19,22,26H,2-7,10-11,14-15H2,1H3. The van der Waals surface area contributed by atoms with Crippen molar-refractivity contribution in [3.8, 4) is 11.1 Å². The quantitative estimate of drug-likeness (QED) is 0.490. The molecule has 0 spiro atoms. The summed E-state index contributed by atoms with van der Waals surface area (Å²) in [7, 11) is -1.65. The first-order chi connectivity index (χ1) is 13.0. The van der Waals surface area contributed by atoms with Gasteiger partial charge in [-0.15, -0.1) is 9.39 Å². The van der Waals surface area contributed by atoms with Gasteiger partial charge in [0.1, 0.15) is 0 Å². The third-order valence-electron chi connectivity index (χ3n) is 5.65. The van der Waals surface area contributed by atoms with Gasteiger partial charge in [0.25, 0.3) is 0 Å². The third-order valence-corrected chi connectivity index (χ3v) is 7.53. The molecule has 2 aromatic carbocycles. The molecular weight excluding hydrogens is 346 g/mol. The molecule has 0 aliphatic heterocycles. The Hall–Kier alpha value is -1.93. The van der Waals surface area contributed by atoms with Gasteiger partial charge in [0.15, 0.2) is 0 Å². The second-order valence-electron chi connectivity index (χ2n) is 7.82. The van der Waals surface area contributed by atoms with E-state index in [1.807, 2.05) is 0 Å². The van der Waals surface area contributed by atoms with Gasteiger partial charge >= 0.3 is 0 Å². The molecule has 0 bridgehead atoms. The second-order valence-corrected chi connectivity index (χ2v) is 10.2. The van der Waals surface area contributed by atoms with Crippen LogP contribution in [-0.2, 0) is 6.42 Å². The molecule has 0 atom stereocenters. The second kappa shape index (κ2) is 8.84. The maximum atomic E-state index is 4.48. The van der Waals surface area contributed by atoms with Gasteiger partial charge in [0, 0.05) is 10.6 Å². The molecule has 144 valence electrons. The van der Waals surface area contributed by atoms with Crippen LogP contribution in [0.3, 0.4) is 0 Å². The van der Waals surface area contributed by atoms with E-state index >= 15 is 0 Å². The Bertz CT molecular complexity index is 869. The predicted molar refractivity (Wildman–Crippen MR) is 125 cm³/mol. The van der Waals surface area contributed by atoms with Gasteiger partial charge in [-0.1, -0.05) is 93.4 Å². The van der Waals surface area contributed by atoms with Crippen LogP contribution in [-0.4, -0.2) is 11.7 Å². The van der Waals surface area contributed by atoms with Crippen LogP contribution in [0.15, 0.2) is 65.7 Å². The highest BCUT2D eigenvalue weighted by molar-refractivity contribution is 8.26. The van der Waals surface area contributed by atoms with Crippen molar-refractivity contribution in [1.29, 1.82) is 0 Å². The summed E-state index contributed by atoms with van der Waals surface area (Å²) in [6.07, 6.45) is 8.89. The number of hydrogen-bond acceptors (Lipinski definition) is 1. The Morgan fingerprint density at radius 2 is 1.70 bits per heavy atom. The Labute approximate surface area is 166 Å². The van der Waals surface area contributed by atoms with Crippen molar-refractivity contribution in [2.24, 2.45) is 5.92 Å². The summed E-state index contributed by atoms with van der Waals surface area (Å²) in [6, 6.07) is 17.4. The zero-order chi connectivity index (χ0) is 19.3.